The Balaban J connectivity index is 1.80. The highest BCUT2D eigenvalue weighted by Crippen LogP contribution is 2.25. The second-order valence-electron chi connectivity index (χ2n) is 7.78. The van der Waals surface area contributed by atoms with Gasteiger partial charge in [-0.2, -0.15) is 10.2 Å². The molecule has 12 heteroatoms. The lowest BCUT2D eigenvalue weighted by Gasteiger charge is -2.25. The Labute approximate surface area is 173 Å². The maximum absolute atomic E-state index is 13.9. The van der Waals surface area contributed by atoms with Gasteiger partial charge in [-0.25, -0.2) is 27.6 Å². The summed E-state index contributed by atoms with van der Waals surface area (Å²) < 4.78 is 45.3. The molecule has 0 bridgehead atoms. The molecule has 3 rings (SSSR count). The predicted octanol–water partition coefficient (Wildman–Crippen LogP) is 1.77. The van der Waals surface area contributed by atoms with Crippen LogP contribution in [0.1, 0.15) is 39.2 Å². The largest absolute Gasteiger partial charge is 0.475 e. The number of nitrogens with zero attached hydrogens (tertiary/aromatic N) is 5. The van der Waals surface area contributed by atoms with Crippen molar-refractivity contribution in [2.24, 2.45) is 5.14 Å². The van der Waals surface area contributed by atoms with Gasteiger partial charge in [-0.3, -0.25) is 4.68 Å². The maximum atomic E-state index is 13.9. The predicted molar refractivity (Wildman–Crippen MR) is 108 cm³/mol. The van der Waals surface area contributed by atoms with Gasteiger partial charge in [0.25, 0.3) is 10.0 Å². The molecule has 3 aromatic heterocycles. The van der Waals surface area contributed by atoms with Gasteiger partial charge in [0.1, 0.15) is 12.4 Å². The van der Waals surface area contributed by atoms with Crippen LogP contribution in [0.4, 0.5) is 10.2 Å². The number of pyridine rings is 1. The molecular formula is C18H24FN7O3S. The monoisotopic (exact) mass is 437 g/mol. The molecule has 0 saturated carbocycles. The fourth-order valence-electron chi connectivity index (χ4n) is 2.79. The molecule has 0 aromatic carbocycles. The first-order chi connectivity index (χ1) is 13.9. The molecule has 0 fully saturated rings. The number of anilines is 1. The first kappa shape index (κ1) is 21.7. The van der Waals surface area contributed by atoms with E-state index in [0.717, 1.165) is 16.4 Å². The van der Waals surface area contributed by atoms with Crippen molar-refractivity contribution in [3.8, 4) is 11.6 Å². The van der Waals surface area contributed by atoms with Crippen molar-refractivity contribution in [3.63, 3.8) is 0 Å². The quantitative estimate of drug-likeness (QED) is 0.573. The average Bonchev–Trinajstić information content (AvgIpc) is 3.23. The Kier molecular flexibility index (Phi) is 5.56. The number of hydrogen-bond donors (Lipinski definition) is 2. The number of sulfonamides is 1. The summed E-state index contributed by atoms with van der Waals surface area (Å²) in [6.45, 7) is 7.49. The molecule has 0 amide bonds. The molecule has 4 N–H and O–H groups in total. The van der Waals surface area contributed by atoms with Crippen LogP contribution < -0.4 is 15.6 Å². The van der Waals surface area contributed by atoms with Crippen LogP contribution in [-0.2, 0) is 15.6 Å². The molecule has 10 nitrogen and oxygen atoms in total. The summed E-state index contributed by atoms with van der Waals surface area (Å²) in [4.78, 5) is 4.17. The zero-order valence-electron chi connectivity index (χ0n) is 17.1. The van der Waals surface area contributed by atoms with Crippen molar-refractivity contribution >= 4 is 15.8 Å². The van der Waals surface area contributed by atoms with E-state index in [-0.39, 0.29) is 12.5 Å². The van der Waals surface area contributed by atoms with E-state index in [4.69, 9.17) is 15.6 Å². The summed E-state index contributed by atoms with van der Waals surface area (Å²) in [6, 6.07) is 3.41. The van der Waals surface area contributed by atoms with E-state index in [1.165, 1.54) is 0 Å². The van der Waals surface area contributed by atoms with Gasteiger partial charge >= 0.3 is 0 Å². The smallest absolute Gasteiger partial charge is 0.260 e. The van der Waals surface area contributed by atoms with Crippen molar-refractivity contribution in [1.29, 1.82) is 0 Å². The molecule has 30 heavy (non-hydrogen) atoms. The molecule has 3 aromatic rings. The minimum atomic E-state index is -4.27. The molecule has 0 radical (unpaired) electrons. The number of primary sulfonamides is 1. The summed E-state index contributed by atoms with van der Waals surface area (Å²) in [5.41, 5.74) is 6.90. The van der Waals surface area contributed by atoms with E-state index in [2.05, 4.69) is 15.2 Å². The topological polar surface area (TPSA) is 144 Å². The number of halogens is 1. The lowest BCUT2D eigenvalue weighted by Crippen LogP contribution is -2.34. The fraction of sp³-hybridized carbons (Fsp3) is 0.389. The van der Waals surface area contributed by atoms with E-state index in [9.17, 15) is 12.8 Å². The van der Waals surface area contributed by atoms with Gasteiger partial charge in [-0.15, -0.1) is 0 Å². The summed E-state index contributed by atoms with van der Waals surface area (Å²) in [6.07, 6.45) is 4.24. The Bertz CT molecular complexity index is 1170. The van der Waals surface area contributed by atoms with Gasteiger partial charge in [-0.1, -0.05) is 13.8 Å². The zero-order chi connectivity index (χ0) is 22.3. The van der Waals surface area contributed by atoms with Gasteiger partial charge in [0, 0.05) is 17.8 Å². The molecule has 0 aliphatic rings. The molecule has 0 saturated heterocycles. The van der Waals surface area contributed by atoms with Crippen LogP contribution in [0.15, 0.2) is 35.7 Å². The standard InChI is InChI=1S/C18H24FN7O3S/c1-11(2)13-8-23-26(16(13)20)12-5-6-22-15(7-12)29-10-18(3,4)25-9-14(19)17(24-25)30(21,27)28/h5-9,11H,10,20H2,1-4H3,(H2,21,27,28). The van der Waals surface area contributed by atoms with Crippen molar-refractivity contribution in [2.75, 3.05) is 12.3 Å². The molecule has 3 heterocycles. The number of ether oxygens (including phenoxy) is 1. The summed E-state index contributed by atoms with van der Waals surface area (Å²) in [5, 5.41) is 12.2. The third kappa shape index (κ3) is 4.28. The van der Waals surface area contributed by atoms with E-state index in [1.54, 1.807) is 43.1 Å². The van der Waals surface area contributed by atoms with Crippen molar-refractivity contribution in [1.82, 2.24) is 24.5 Å². The average molecular weight is 438 g/mol. The van der Waals surface area contributed by atoms with Crippen molar-refractivity contribution < 1.29 is 17.5 Å². The van der Waals surface area contributed by atoms with Crippen LogP contribution in [0.5, 0.6) is 5.88 Å². The van der Waals surface area contributed by atoms with E-state index < -0.39 is 26.4 Å². The SMILES string of the molecule is CC(C)c1cnn(-c2ccnc(OCC(C)(C)n3cc(F)c(S(N)(=O)=O)n3)c2)c1N. The number of rotatable bonds is 7. The second-order valence-corrected chi connectivity index (χ2v) is 9.25. The summed E-state index contributed by atoms with van der Waals surface area (Å²) in [5.74, 6) is 0.0282. The van der Waals surface area contributed by atoms with E-state index >= 15 is 0 Å². The van der Waals surface area contributed by atoms with Gasteiger partial charge in [-0.05, 0) is 25.8 Å². The van der Waals surface area contributed by atoms with Gasteiger partial charge in [0.2, 0.25) is 10.9 Å². The maximum Gasteiger partial charge on any atom is 0.260 e. The minimum Gasteiger partial charge on any atom is -0.475 e. The third-order valence-corrected chi connectivity index (χ3v) is 5.34. The number of hydrogen-bond acceptors (Lipinski definition) is 7. The Morgan fingerprint density at radius 2 is 2.03 bits per heavy atom. The normalized spacial score (nSPS) is 12.5. The lowest BCUT2D eigenvalue weighted by atomic mass is 10.1. The third-order valence-electron chi connectivity index (χ3n) is 4.52. The van der Waals surface area contributed by atoms with Gasteiger partial charge in [0.15, 0.2) is 5.82 Å². The van der Waals surface area contributed by atoms with Crippen LogP contribution >= 0.6 is 0 Å². The highest BCUT2D eigenvalue weighted by molar-refractivity contribution is 7.89. The number of aromatic nitrogens is 5. The highest BCUT2D eigenvalue weighted by atomic mass is 32.2. The molecule has 0 aliphatic carbocycles. The van der Waals surface area contributed by atoms with Crippen LogP contribution in [0.25, 0.3) is 5.69 Å². The zero-order valence-corrected chi connectivity index (χ0v) is 17.9. The number of nitrogens with two attached hydrogens (primary N) is 2. The molecule has 0 spiro atoms. The van der Waals surface area contributed by atoms with Crippen molar-refractivity contribution in [2.45, 2.75) is 44.2 Å². The first-order valence-electron chi connectivity index (χ1n) is 9.11. The fourth-order valence-corrected chi connectivity index (χ4v) is 3.31. The van der Waals surface area contributed by atoms with Crippen LogP contribution in [0.3, 0.4) is 0 Å². The Morgan fingerprint density at radius 3 is 2.60 bits per heavy atom. The van der Waals surface area contributed by atoms with Crippen LogP contribution in [0, 0.1) is 5.82 Å². The summed E-state index contributed by atoms with van der Waals surface area (Å²) in [7, 11) is -4.27. The molecule has 0 atom stereocenters. The van der Waals surface area contributed by atoms with E-state index in [1.807, 2.05) is 13.8 Å². The highest BCUT2D eigenvalue weighted by Gasteiger charge is 2.28. The summed E-state index contributed by atoms with van der Waals surface area (Å²) >= 11 is 0. The van der Waals surface area contributed by atoms with Gasteiger partial charge < -0.3 is 10.5 Å². The molecule has 0 unspecified atom stereocenters. The number of nitrogen functional groups attached to an aromatic ring is 1. The van der Waals surface area contributed by atoms with Gasteiger partial charge in [0.05, 0.1) is 23.6 Å². The Morgan fingerprint density at radius 1 is 1.33 bits per heavy atom. The van der Waals surface area contributed by atoms with Crippen LogP contribution in [0.2, 0.25) is 0 Å². The van der Waals surface area contributed by atoms with Crippen LogP contribution in [-0.4, -0.2) is 39.6 Å². The first-order valence-corrected chi connectivity index (χ1v) is 10.7. The van der Waals surface area contributed by atoms with Crippen molar-refractivity contribution in [3.05, 3.63) is 42.1 Å². The molecular weight excluding hydrogens is 413 g/mol. The minimum absolute atomic E-state index is 0.0282. The molecule has 0 aliphatic heterocycles. The molecule has 162 valence electrons. The Hall–Kier alpha value is -2.99. The lowest BCUT2D eigenvalue weighted by molar-refractivity contribution is 0.164. The second kappa shape index (κ2) is 7.69. The van der Waals surface area contributed by atoms with E-state index in [0.29, 0.717) is 17.4 Å².